The topological polar surface area (TPSA) is 153 Å². The number of para-hydroxylation sites is 2. The van der Waals surface area contributed by atoms with Crippen molar-refractivity contribution in [1.82, 2.24) is 39.6 Å². The molecule has 1 atom stereocenters. The third-order valence-electron chi connectivity index (χ3n) is 10.8. The van der Waals surface area contributed by atoms with Crippen molar-refractivity contribution in [3.63, 3.8) is 0 Å². The summed E-state index contributed by atoms with van der Waals surface area (Å²) in [7, 11) is 0. The van der Waals surface area contributed by atoms with Gasteiger partial charge in [-0.3, -0.25) is 9.59 Å². The minimum absolute atomic E-state index is 0. The van der Waals surface area contributed by atoms with Gasteiger partial charge >= 0.3 is 24.8 Å². The molecule has 0 spiro atoms. The van der Waals surface area contributed by atoms with Crippen LogP contribution < -0.4 is 28.9 Å². The molecule has 2 N–H and O–H groups in total. The number of imidazole rings is 1. The van der Waals surface area contributed by atoms with E-state index in [1.54, 1.807) is 18.2 Å². The van der Waals surface area contributed by atoms with Crippen LogP contribution in [0.5, 0.6) is 5.75 Å². The average molecular weight is 743 g/mol. The van der Waals surface area contributed by atoms with Crippen LogP contribution in [0.25, 0.3) is 16.7 Å². The first kappa shape index (κ1) is 39.9. The van der Waals surface area contributed by atoms with Gasteiger partial charge in [0, 0.05) is 57.2 Å². The summed E-state index contributed by atoms with van der Waals surface area (Å²) in [5.41, 5.74) is 4.19. The largest absolute Gasteiger partial charge is 1.00 e. The predicted molar refractivity (Wildman–Crippen MR) is 204 cm³/mol. The van der Waals surface area contributed by atoms with Crippen LogP contribution in [-0.2, 0) is 21.5 Å². The number of carbonyl (C=O) groups is 2. The van der Waals surface area contributed by atoms with Gasteiger partial charge in [-0.05, 0) is 91.9 Å². The first-order valence-electron chi connectivity index (χ1n) is 19.0. The van der Waals surface area contributed by atoms with E-state index in [4.69, 9.17) is 19.6 Å². The monoisotopic (exact) mass is 742 g/mol. The quantitative estimate of drug-likeness (QED) is 0.106. The Morgan fingerprint density at radius 2 is 1.78 bits per heavy atom. The van der Waals surface area contributed by atoms with Gasteiger partial charge < -0.3 is 34.3 Å². The molecule has 2 saturated heterocycles. The number of nitrogens with one attached hydrogen (secondary N) is 1. The second kappa shape index (κ2) is 18.7. The minimum atomic E-state index is -0.884. The van der Waals surface area contributed by atoms with Crippen molar-refractivity contribution in [2.45, 2.75) is 63.5 Å². The molecule has 1 amide bonds. The number of hydrogen-bond donors (Lipinski definition) is 2. The second-order valence-electron chi connectivity index (χ2n) is 14.2. The molecular weight excluding hydrogens is 693 g/mol. The maximum atomic E-state index is 14.4. The zero-order valence-electron chi connectivity index (χ0n) is 31.8. The fourth-order valence-corrected chi connectivity index (χ4v) is 7.80. The van der Waals surface area contributed by atoms with Gasteiger partial charge in [-0.25, -0.2) is 9.67 Å². The summed E-state index contributed by atoms with van der Waals surface area (Å²) in [5.74, 6) is 0.311. The smallest absolute Gasteiger partial charge is 0.493 e. The van der Waals surface area contributed by atoms with Gasteiger partial charge in [-0.15, -0.1) is 5.10 Å². The molecule has 3 aromatic carbocycles. The van der Waals surface area contributed by atoms with E-state index in [2.05, 4.69) is 72.8 Å². The molecule has 284 valence electrons. The number of benzene rings is 3. The zero-order valence-corrected chi connectivity index (χ0v) is 31.8. The van der Waals surface area contributed by atoms with Gasteiger partial charge in [0.25, 0.3) is 5.91 Å². The van der Waals surface area contributed by atoms with E-state index in [0.717, 1.165) is 68.8 Å². The number of amides is 1. The molecule has 2 fully saturated rings. The van der Waals surface area contributed by atoms with Crippen molar-refractivity contribution >= 4 is 28.9 Å². The van der Waals surface area contributed by atoms with E-state index in [9.17, 15) is 9.59 Å². The molecule has 0 bridgehead atoms. The summed E-state index contributed by atoms with van der Waals surface area (Å²) in [4.78, 5) is 34.9. The number of carboxylic acids is 1. The van der Waals surface area contributed by atoms with Crippen molar-refractivity contribution in [2.75, 3.05) is 57.9 Å². The summed E-state index contributed by atoms with van der Waals surface area (Å²) < 4.78 is 15.4. The molecule has 2 aliphatic heterocycles. The average Bonchev–Trinajstić information content (AvgIpc) is 3.97. The first-order valence-corrected chi connectivity index (χ1v) is 19.0. The molecule has 14 nitrogen and oxygen atoms in total. The molecule has 0 aliphatic carbocycles. The van der Waals surface area contributed by atoms with E-state index in [1.165, 1.54) is 16.6 Å². The van der Waals surface area contributed by atoms with Crippen LogP contribution in [0.4, 0.5) is 5.95 Å². The fourth-order valence-electron chi connectivity index (χ4n) is 7.80. The van der Waals surface area contributed by atoms with E-state index in [1.807, 2.05) is 24.0 Å². The van der Waals surface area contributed by atoms with Gasteiger partial charge in [0.1, 0.15) is 12.1 Å². The number of aliphatic carboxylic acids is 1. The Morgan fingerprint density at radius 3 is 2.55 bits per heavy atom. The number of carboxylic acid groups (broad SMARTS) is 1. The van der Waals surface area contributed by atoms with Gasteiger partial charge in [0.05, 0.1) is 35.5 Å². The molecule has 55 heavy (non-hydrogen) atoms. The maximum absolute atomic E-state index is 14.4. The molecule has 15 heteroatoms. The fraction of sp³-hybridized carbons (Fsp3) is 0.450. The number of hydrogen-bond acceptors (Lipinski definition) is 10. The minimum Gasteiger partial charge on any atom is -0.493 e. The number of ether oxygens (including phenoxy) is 2. The van der Waals surface area contributed by atoms with Crippen molar-refractivity contribution in [2.24, 2.45) is 0 Å². The van der Waals surface area contributed by atoms with E-state index in [-0.39, 0.29) is 43.2 Å². The molecule has 2 aromatic heterocycles. The first-order chi connectivity index (χ1) is 26.4. The number of piperidine rings is 1. The number of fused-ring (bicyclic) bond motifs is 1. The van der Waals surface area contributed by atoms with E-state index < -0.39 is 5.97 Å². The molecule has 0 radical (unpaired) electrons. The molecule has 5 aromatic rings. The number of carbonyl (C=O) groups excluding carboxylic acids is 1. The third kappa shape index (κ3) is 9.56. The third-order valence-corrected chi connectivity index (χ3v) is 10.8. The zero-order chi connectivity index (χ0) is 37.3. The van der Waals surface area contributed by atoms with Gasteiger partial charge in [0.15, 0.2) is 0 Å². The number of likely N-dealkylation sites (tertiary alicyclic amines) is 2. The number of tetrazole rings is 1. The Morgan fingerprint density at radius 1 is 0.982 bits per heavy atom. The van der Waals surface area contributed by atoms with Gasteiger partial charge in [0.2, 0.25) is 5.95 Å². The number of rotatable bonds is 17. The SMILES string of the molecule is CCOCCn1c(NC2CCN(CCC3(c4ccccc4)CCN(C(=O)c4cc(-n5cnnn5)ccc4OCCCC(=O)O)C3)CC2)nc2ccccc21.[Li+]. The molecule has 4 heterocycles. The molecule has 0 saturated carbocycles. The van der Waals surface area contributed by atoms with Crippen LogP contribution in [0.15, 0.2) is 79.1 Å². The summed E-state index contributed by atoms with van der Waals surface area (Å²) >= 11 is 0. The van der Waals surface area contributed by atoms with Crippen LogP contribution in [0.3, 0.4) is 0 Å². The second-order valence-corrected chi connectivity index (χ2v) is 14.2. The summed E-state index contributed by atoms with van der Waals surface area (Å²) in [5, 5.41) is 24.3. The predicted octanol–water partition coefficient (Wildman–Crippen LogP) is 2.05. The van der Waals surface area contributed by atoms with Crippen molar-refractivity contribution < 1.29 is 43.0 Å². The summed E-state index contributed by atoms with van der Waals surface area (Å²) in [6.45, 7) is 8.39. The molecule has 7 rings (SSSR count). The molecule has 2 aliphatic rings. The van der Waals surface area contributed by atoms with Crippen LogP contribution in [-0.4, -0.2) is 115 Å². The Hall–Kier alpha value is -4.74. The van der Waals surface area contributed by atoms with Crippen molar-refractivity contribution in [3.05, 3.63) is 90.3 Å². The molecule has 1 unspecified atom stereocenters. The van der Waals surface area contributed by atoms with E-state index >= 15 is 0 Å². The van der Waals surface area contributed by atoms with Crippen LogP contribution in [0.1, 0.15) is 61.4 Å². The Kier molecular flexibility index (Phi) is 13.6. The van der Waals surface area contributed by atoms with E-state index in [0.29, 0.717) is 55.8 Å². The van der Waals surface area contributed by atoms with Gasteiger partial charge in [-0.2, -0.15) is 0 Å². The Bertz CT molecular complexity index is 2000. The van der Waals surface area contributed by atoms with Crippen LogP contribution in [0.2, 0.25) is 0 Å². The van der Waals surface area contributed by atoms with Crippen LogP contribution >= 0.6 is 0 Å². The Balaban J connectivity index is 0.00000514. The number of aromatic nitrogens is 6. The summed E-state index contributed by atoms with van der Waals surface area (Å²) in [6.07, 6.45) is 5.61. The number of nitrogens with zero attached hydrogens (tertiary/aromatic N) is 8. The van der Waals surface area contributed by atoms with Gasteiger partial charge in [-0.1, -0.05) is 42.5 Å². The normalized spacial score (nSPS) is 17.7. The van der Waals surface area contributed by atoms with Crippen molar-refractivity contribution in [3.8, 4) is 11.4 Å². The Labute approximate surface area is 333 Å². The maximum Gasteiger partial charge on any atom is 1.00 e. The summed E-state index contributed by atoms with van der Waals surface area (Å²) in [6, 6.07) is 24.5. The standard InChI is InChI=1S/C40H49N9O5.Li/c1-2-53-26-24-48-35-12-7-6-11-34(35)43-39(48)42-31-16-20-46(21-17-31)22-18-40(30-9-4-3-5-10-30)19-23-47(28-40)38(52)33-27-32(49-29-41-44-45-49)14-15-36(33)54-25-8-13-37(50)51;/h3-7,9-12,14-15,27,29,31H,2,8,13,16-26,28H2,1H3,(H,42,43)(H,50,51);/q;+1. The van der Waals surface area contributed by atoms with Crippen molar-refractivity contribution in [1.29, 1.82) is 0 Å². The number of anilines is 1. The van der Waals surface area contributed by atoms with Crippen LogP contribution in [0, 0.1) is 0 Å². The molecular formula is C40H49LiN9O5+.